The Balaban J connectivity index is 3.76. The average molecular weight is 227 g/mol. The largest absolute Gasteiger partial charge is 0.357 e. The maximum absolute atomic E-state index is 4.54. The van der Waals surface area contributed by atoms with Crippen molar-refractivity contribution in [3.8, 4) is 0 Å². The summed E-state index contributed by atoms with van der Waals surface area (Å²) in [4.78, 5) is 4.54. The molecule has 0 atom stereocenters. The quantitative estimate of drug-likeness (QED) is 0.380. The van der Waals surface area contributed by atoms with Gasteiger partial charge in [0, 0.05) is 19.6 Å². The maximum Gasteiger partial charge on any atom is 0.191 e. The van der Waals surface area contributed by atoms with Crippen LogP contribution in [0.5, 0.6) is 0 Å². The van der Waals surface area contributed by atoms with Crippen molar-refractivity contribution < 1.29 is 0 Å². The van der Waals surface area contributed by atoms with E-state index < -0.39 is 0 Å². The zero-order valence-corrected chi connectivity index (χ0v) is 11.5. The molecule has 0 saturated heterocycles. The van der Waals surface area contributed by atoms with Crippen molar-refractivity contribution in [3.63, 3.8) is 0 Å². The Hall–Kier alpha value is -0.730. The number of guanidine groups is 1. The lowest BCUT2D eigenvalue weighted by Crippen LogP contribution is -2.38. The predicted octanol–water partition coefficient (Wildman–Crippen LogP) is 2.78. The summed E-state index contributed by atoms with van der Waals surface area (Å²) < 4.78 is 0. The lowest BCUT2D eigenvalue weighted by Gasteiger charge is -2.12. The van der Waals surface area contributed by atoms with Crippen molar-refractivity contribution in [2.24, 2.45) is 10.9 Å². The summed E-state index contributed by atoms with van der Waals surface area (Å²) in [5.41, 5.74) is 0. The molecule has 0 spiro atoms. The summed E-state index contributed by atoms with van der Waals surface area (Å²) in [7, 11) is 0. The minimum absolute atomic E-state index is 0.746. The maximum atomic E-state index is 4.54. The molecule has 0 saturated carbocycles. The Morgan fingerprint density at radius 1 is 1.12 bits per heavy atom. The van der Waals surface area contributed by atoms with Crippen LogP contribution in [0.4, 0.5) is 0 Å². The summed E-state index contributed by atoms with van der Waals surface area (Å²) in [6.45, 7) is 11.7. The fourth-order valence-corrected chi connectivity index (χ4v) is 1.37. The van der Waals surface area contributed by atoms with Crippen LogP contribution in [-0.2, 0) is 0 Å². The topological polar surface area (TPSA) is 36.4 Å². The highest BCUT2D eigenvalue weighted by atomic mass is 15.2. The summed E-state index contributed by atoms with van der Waals surface area (Å²) >= 11 is 0. The van der Waals surface area contributed by atoms with Gasteiger partial charge in [0.15, 0.2) is 5.96 Å². The molecule has 0 aromatic carbocycles. The lowest BCUT2D eigenvalue weighted by atomic mass is 10.1. The van der Waals surface area contributed by atoms with Gasteiger partial charge in [-0.2, -0.15) is 0 Å². The molecule has 16 heavy (non-hydrogen) atoms. The average Bonchev–Trinajstić information content (AvgIpc) is 2.23. The molecule has 3 nitrogen and oxygen atoms in total. The van der Waals surface area contributed by atoms with Crippen molar-refractivity contribution >= 4 is 5.96 Å². The second-order valence-corrected chi connectivity index (χ2v) is 4.58. The Bertz CT molecular complexity index is 176. The molecule has 0 aliphatic rings. The third-order valence-electron chi connectivity index (χ3n) is 2.39. The van der Waals surface area contributed by atoms with Crippen LogP contribution in [0.25, 0.3) is 0 Å². The van der Waals surface area contributed by atoms with Gasteiger partial charge in [0.1, 0.15) is 0 Å². The molecule has 96 valence electrons. The van der Waals surface area contributed by atoms with Crippen LogP contribution in [0.3, 0.4) is 0 Å². The van der Waals surface area contributed by atoms with Crippen molar-refractivity contribution in [1.82, 2.24) is 10.6 Å². The van der Waals surface area contributed by atoms with Crippen molar-refractivity contribution in [2.75, 3.05) is 19.6 Å². The Labute approximate surface area is 101 Å². The Morgan fingerprint density at radius 2 is 1.88 bits per heavy atom. The predicted molar refractivity (Wildman–Crippen MR) is 73.0 cm³/mol. The summed E-state index contributed by atoms with van der Waals surface area (Å²) in [6.07, 6.45) is 4.92. The minimum Gasteiger partial charge on any atom is -0.357 e. The van der Waals surface area contributed by atoms with Crippen molar-refractivity contribution in [1.29, 1.82) is 0 Å². The van der Waals surface area contributed by atoms with E-state index in [1.807, 2.05) is 0 Å². The van der Waals surface area contributed by atoms with Gasteiger partial charge in [-0.15, -0.1) is 0 Å². The van der Waals surface area contributed by atoms with E-state index >= 15 is 0 Å². The molecule has 3 heteroatoms. The van der Waals surface area contributed by atoms with E-state index in [-0.39, 0.29) is 0 Å². The molecule has 0 radical (unpaired) electrons. The van der Waals surface area contributed by atoms with Gasteiger partial charge >= 0.3 is 0 Å². The SMILES string of the molecule is CCCCCN=C(NCC)NCCC(C)C. The number of aliphatic imine (C=N–C) groups is 1. The Morgan fingerprint density at radius 3 is 2.44 bits per heavy atom. The molecule has 0 rings (SSSR count). The normalized spacial score (nSPS) is 11.9. The van der Waals surface area contributed by atoms with Gasteiger partial charge in [-0.1, -0.05) is 33.6 Å². The minimum atomic E-state index is 0.746. The van der Waals surface area contributed by atoms with Crippen LogP contribution in [-0.4, -0.2) is 25.6 Å². The zero-order chi connectivity index (χ0) is 12.2. The first-order chi connectivity index (χ1) is 7.70. The van der Waals surface area contributed by atoms with Gasteiger partial charge in [-0.3, -0.25) is 4.99 Å². The summed E-state index contributed by atoms with van der Waals surface area (Å²) in [5, 5.41) is 6.64. The van der Waals surface area contributed by atoms with Crippen LogP contribution < -0.4 is 10.6 Å². The van der Waals surface area contributed by atoms with Gasteiger partial charge in [0.2, 0.25) is 0 Å². The second-order valence-electron chi connectivity index (χ2n) is 4.58. The Kier molecular flexibility index (Phi) is 10.3. The van der Waals surface area contributed by atoms with Crippen LogP contribution in [0.15, 0.2) is 4.99 Å². The molecule has 0 unspecified atom stereocenters. The highest BCUT2D eigenvalue weighted by Crippen LogP contribution is 1.96. The number of nitrogens with one attached hydrogen (secondary N) is 2. The molecule has 0 amide bonds. The van der Waals surface area contributed by atoms with Crippen molar-refractivity contribution in [2.45, 2.75) is 53.4 Å². The van der Waals surface area contributed by atoms with E-state index in [2.05, 4.69) is 43.3 Å². The smallest absolute Gasteiger partial charge is 0.191 e. The number of unbranched alkanes of at least 4 members (excludes halogenated alkanes) is 2. The first-order valence-electron chi connectivity index (χ1n) is 6.72. The van der Waals surface area contributed by atoms with E-state index in [4.69, 9.17) is 0 Å². The fraction of sp³-hybridized carbons (Fsp3) is 0.923. The van der Waals surface area contributed by atoms with Gasteiger partial charge in [0.25, 0.3) is 0 Å². The molecule has 0 aliphatic heterocycles. The van der Waals surface area contributed by atoms with Crippen LogP contribution in [0.1, 0.15) is 53.4 Å². The third-order valence-corrected chi connectivity index (χ3v) is 2.39. The van der Waals surface area contributed by atoms with Gasteiger partial charge in [-0.05, 0) is 25.7 Å². The number of hydrogen-bond acceptors (Lipinski definition) is 1. The number of nitrogens with zero attached hydrogens (tertiary/aromatic N) is 1. The number of rotatable bonds is 8. The van der Waals surface area contributed by atoms with Gasteiger partial charge in [-0.25, -0.2) is 0 Å². The molecule has 0 bridgehead atoms. The first-order valence-corrected chi connectivity index (χ1v) is 6.72. The fourth-order valence-electron chi connectivity index (χ4n) is 1.37. The summed E-state index contributed by atoms with van der Waals surface area (Å²) in [5.74, 6) is 1.72. The van der Waals surface area contributed by atoms with E-state index in [0.717, 1.165) is 31.5 Å². The molecule has 2 N–H and O–H groups in total. The highest BCUT2D eigenvalue weighted by Gasteiger charge is 1.97. The number of hydrogen-bond donors (Lipinski definition) is 2. The molecule has 0 aliphatic carbocycles. The molecular formula is C13H29N3. The monoisotopic (exact) mass is 227 g/mol. The second kappa shape index (κ2) is 10.8. The molecular weight excluding hydrogens is 198 g/mol. The van der Waals surface area contributed by atoms with Crippen LogP contribution in [0, 0.1) is 5.92 Å². The molecule has 0 fully saturated rings. The third kappa shape index (κ3) is 9.81. The standard InChI is InChI=1S/C13H29N3/c1-5-7-8-10-15-13(14-6-2)16-11-9-12(3)4/h12H,5-11H2,1-4H3,(H2,14,15,16). The van der Waals surface area contributed by atoms with E-state index in [9.17, 15) is 0 Å². The highest BCUT2D eigenvalue weighted by molar-refractivity contribution is 5.79. The van der Waals surface area contributed by atoms with Crippen LogP contribution in [0.2, 0.25) is 0 Å². The lowest BCUT2D eigenvalue weighted by molar-refractivity contribution is 0.573. The van der Waals surface area contributed by atoms with Crippen molar-refractivity contribution in [3.05, 3.63) is 0 Å². The first kappa shape index (κ1) is 15.3. The molecule has 0 heterocycles. The molecule has 0 aromatic heterocycles. The van der Waals surface area contributed by atoms with Crippen LogP contribution >= 0.6 is 0 Å². The molecule has 0 aromatic rings. The van der Waals surface area contributed by atoms with Gasteiger partial charge in [0.05, 0.1) is 0 Å². The van der Waals surface area contributed by atoms with E-state index in [1.165, 1.54) is 25.7 Å². The van der Waals surface area contributed by atoms with E-state index in [1.54, 1.807) is 0 Å². The van der Waals surface area contributed by atoms with E-state index in [0.29, 0.717) is 0 Å². The summed E-state index contributed by atoms with van der Waals surface area (Å²) in [6, 6.07) is 0. The van der Waals surface area contributed by atoms with Gasteiger partial charge < -0.3 is 10.6 Å². The zero-order valence-electron chi connectivity index (χ0n) is 11.5.